The molecule has 132 valence electrons. The summed E-state index contributed by atoms with van der Waals surface area (Å²) in [6.45, 7) is 4.08. The highest BCUT2D eigenvalue weighted by Gasteiger charge is 2.27. The molecule has 6 heteroatoms. The molecule has 1 aromatic carbocycles. The summed E-state index contributed by atoms with van der Waals surface area (Å²) in [4.78, 5) is 15.3. The van der Waals surface area contributed by atoms with Gasteiger partial charge in [0.15, 0.2) is 17.3 Å². The van der Waals surface area contributed by atoms with E-state index in [9.17, 15) is 4.79 Å². The highest BCUT2D eigenvalue weighted by molar-refractivity contribution is 5.98. The summed E-state index contributed by atoms with van der Waals surface area (Å²) in [5, 5.41) is 4.23. The fourth-order valence-electron chi connectivity index (χ4n) is 3.65. The van der Waals surface area contributed by atoms with Crippen molar-refractivity contribution in [3.05, 3.63) is 42.2 Å². The second-order valence-corrected chi connectivity index (χ2v) is 6.69. The summed E-state index contributed by atoms with van der Waals surface area (Å²) in [5.41, 5.74) is 0.729. The van der Waals surface area contributed by atoms with Gasteiger partial charge in [-0.1, -0.05) is 0 Å². The van der Waals surface area contributed by atoms with Crippen LogP contribution >= 0.6 is 0 Å². The van der Waals surface area contributed by atoms with Gasteiger partial charge in [-0.3, -0.25) is 9.48 Å². The van der Waals surface area contributed by atoms with Crippen LogP contribution in [-0.4, -0.2) is 46.9 Å². The van der Waals surface area contributed by atoms with Gasteiger partial charge in [0, 0.05) is 37.0 Å². The molecule has 1 fully saturated rings. The number of nitrogens with zero attached hydrogens (tertiary/aromatic N) is 3. The fourth-order valence-corrected chi connectivity index (χ4v) is 3.65. The molecule has 0 spiro atoms. The Morgan fingerprint density at radius 3 is 3.04 bits per heavy atom. The molecule has 1 atom stereocenters. The van der Waals surface area contributed by atoms with Crippen LogP contribution in [0, 0.1) is 5.92 Å². The van der Waals surface area contributed by atoms with Crippen molar-refractivity contribution in [3.63, 3.8) is 0 Å². The second-order valence-electron chi connectivity index (χ2n) is 6.69. The molecular weight excluding hydrogens is 318 g/mol. The fraction of sp³-hybridized carbons (Fsp3) is 0.474. The van der Waals surface area contributed by atoms with Crippen molar-refractivity contribution in [2.45, 2.75) is 25.8 Å². The predicted molar refractivity (Wildman–Crippen MR) is 92.9 cm³/mol. The third-order valence-corrected chi connectivity index (χ3v) is 4.95. The van der Waals surface area contributed by atoms with E-state index in [0.717, 1.165) is 56.8 Å². The van der Waals surface area contributed by atoms with Gasteiger partial charge in [0.2, 0.25) is 6.79 Å². The average Bonchev–Trinajstić information content (AvgIpc) is 3.32. The van der Waals surface area contributed by atoms with E-state index < -0.39 is 0 Å². The first-order valence-electron chi connectivity index (χ1n) is 8.93. The van der Waals surface area contributed by atoms with Gasteiger partial charge in [0.1, 0.15) is 0 Å². The molecule has 0 radical (unpaired) electrons. The normalized spacial score (nSPS) is 19.9. The number of likely N-dealkylation sites (tertiary alicyclic amines) is 1. The van der Waals surface area contributed by atoms with Crippen molar-refractivity contribution in [1.29, 1.82) is 0 Å². The third-order valence-electron chi connectivity index (χ3n) is 4.95. The van der Waals surface area contributed by atoms with Crippen molar-refractivity contribution >= 4 is 5.78 Å². The van der Waals surface area contributed by atoms with Crippen LogP contribution in [0.2, 0.25) is 0 Å². The number of hydrogen-bond acceptors (Lipinski definition) is 5. The molecule has 0 amide bonds. The maximum Gasteiger partial charge on any atom is 0.231 e. The number of Topliss-reactive ketones (excluding diaryl/α,β-unsaturated/α-hetero) is 1. The molecule has 0 aliphatic carbocycles. The first kappa shape index (κ1) is 16.1. The number of rotatable bonds is 6. The van der Waals surface area contributed by atoms with Crippen LogP contribution in [0.15, 0.2) is 36.7 Å². The Balaban J connectivity index is 1.33. The number of ether oxygens (including phenoxy) is 2. The Hall–Kier alpha value is -2.34. The summed E-state index contributed by atoms with van der Waals surface area (Å²) >= 11 is 0. The Kier molecular flexibility index (Phi) is 4.70. The minimum atomic E-state index is 0.0684. The van der Waals surface area contributed by atoms with Crippen molar-refractivity contribution in [2.24, 2.45) is 5.92 Å². The monoisotopic (exact) mass is 341 g/mol. The number of ketones is 1. The summed E-state index contributed by atoms with van der Waals surface area (Å²) in [6.07, 6.45) is 6.88. The molecule has 2 aliphatic heterocycles. The Morgan fingerprint density at radius 1 is 1.24 bits per heavy atom. The predicted octanol–water partition coefficient (Wildman–Crippen LogP) is 2.60. The van der Waals surface area contributed by atoms with Crippen LogP contribution in [0.25, 0.3) is 0 Å². The smallest absolute Gasteiger partial charge is 0.231 e. The molecule has 0 N–H and O–H groups in total. The van der Waals surface area contributed by atoms with Crippen molar-refractivity contribution < 1.29 is 14.3 Å². The highest BCUT2D eigenvalue weighted by atomic mass is 16.7. The number of carbonyl (C=O) groups excluding carboxylic acids is 1. The number of benzene rings is 1. The molecule has 6 nitrogen and oxygen atoms in total. The Bertz CT molecular complexity index is 730. The molecule has 0 bridgehead atoms. The second kappa shape index (κ2) is 7.27. The van der Waals surface area contributed by atoms with Gasteiger partial charge < -0.3 is 14.4 Å². The van der Waals surface area contributed by atoms with E-state index in [1.807, 2.05) is 35.1 Å². The standard InChI is InChI=1S/C19H23N3O3/c23-19(15-5-6-17-18(12-15)25-14-24-17)16-4-1-8-21(13-16)9-3-11-22-10-2-7-20-22/h2,5-7,10,12,16H,1,3-4,8-9,11,13-14H2/t16-/m1/s1. The Labute approximate surface area is 147 Å². The maximum absolute atomic E-state index is 12.9. The van der Waals surface area contributed by atoms with Gasteiger partial charge in [0.25, 0.3) is 0 Å². The number of aromatic nitrogens is 2. The SMILES string of the molecule is O=C(c1ccc2c(c1)OCO2)[C@@H]1CCCN(CCCn2cccn2)C1. The van der Waals surface area contributed by atoms with Crippen LogP contribution in [0.4, 0.5) is 0 Å². The highest BCUT2D eigenvalue weighted by Crippen LogP contribution is 2.33. The van der Waals surface area contributed by atoms with Gasteiger partial charge in [0.05, 0.1) is 0 Å². The lowest BCUT2D eigenvalue weighted by atomic mass is 9.90. The van der Waals surface area contributed by atoms with E-state index in [-0.39, 0.29) is 18.5 Å². The minimum Gasteiger partial charge on any atom is -0.454 e. The number of aryl methyl sites for hydroxylation is 1. The van der Waals surface area contributed by atoms with Crippen molar-refractivity contribution in [1.82, 2.24) is 14.7 Å². The number of hydrogen-bond donors (Lipinski definition) is 0. The van der Waals surface area contributed by atoms with Crippen LogP contribution < -0.4 is 9.47 Å². The summed E-state index contributed by atoms with van der Waals surface area (Å²) in [7, 11) is 0. The van der Waals surface area contributed by atoms with E-state index in [1.165, 1.54) is 0 Å². The molecule has 2 aliphatic rings. The summed E-state index contributed by atoms with van der Waals surface area (Å²) in [6, 6.07) is 7.45. The number of carbonyl (C=O) groups is 1. The molecule has 0 saturated carbocycles. The van der Waals surface area contributed by atoms with Crippen LogP contribution in [0.5, 0.6) is 11.5 Å². The van der Waals surface area contributed by atoms with Crippen LogP contribution in [0.1, 0.15) is 29.6 Å². The van der Waals surface area contributed by atoms with Gasteiger partial charge in [-0.25, -0.2) is 0 Å². The lowest BCUT2D eigenvalue weighted by Crippen LogP contribution is -2.39. The zero-order chi connectivity index (χ0) is 17.1. The molecule has 0 unspecified atom stereocenters. The molecule has 25 heavy (non-hydrogen) atoms. The molecule has 1 saturated heterocycles. The molecule has 3 heterocycles. The quantitative estimate of drug-likeness (QED) is 0.756. The van der Waals surface area contributed by atoms with Crippen molar-refractivity contribution in [3.8, 4) is 11.5 Å². The number of fused-ring (bicyclic) bond motifs is 1. The molecular formula is C19H23N3O3. The third kappa shape index (κ3) is 3.69. The number of piperidine rings is 1. The zero-order valence-electron chi connectivity index (χ0n) is 14.3. The van der Waals surface area contributed by atoms with E-state index >= 15 is 0 Å². The lowest BCUT2D eigenvalue weighted by molar-refractivity contribution is 0.0816. The molecule has 2 aromatic rings. The van der Waals surface area contributed by atoms with Gasteiger partial charge in [-0.15, -0.1) is 0 Å². The van der Waals surface area contributed by atoms with E-state index in [2.05, 4.69) is 10.00 Å². The molecule has 4 rings (SSSR count). The first-order valence-corrected chi connectivity index (χ1v) is 8.93. The zero-order valence-corrected chi connectivity index (χ0v) is 14.3. The molecule has 1 aromatic heterocycles. The van der Waals surface area contributed by atoms with E-state index in [0.29, 0.717) is 5.75 Å². The average molecular weight is 341 g/mol. The summed E-state index contributed by atoms with van der Waals surface area (Å²) < 4.78 is 12.7. The maximum atomic E-state index is 12.9. The van der Waals surface area contributed by atoms with E-state index in [4.69, 9.17) is 9.47 Å². The summed E-state index contributed by atoms with van der Waals surface area (Å²) in [5.74, 6) is 1.69. The largest absolute Gasteiger partial charge is 0.454 e. The van der Waals surface area contributed by atoms with Gasteiger partial charge in [-0.05, 0) is 56.6 Å². The topological polar surface area (TPSA) is 56.6 Å². The van der Waals surface area contributed by atoms with Crippen molar-refractivity contribution in [2.75, 3.05) is 26.4 Å². The van der Waals surface area contributed by atoms with Crippen LogP contribution in [-0.2, 0) is 6.54 Å². The minimum absolute atomic E-state index is 0.0684. The lowest BCUT2D eigenvalue weighted by Gasteiger charge is -2.32. The van der Waals surface area contributed by atoms with Gasteiger partial charge in [-0.2, -0.15) is 5.10 Å². The van der Waals surface area contributed by atoms with Gasteiger partial charge >= 0.3 is 0 Å². The first-order chi connectivity index (χ1) is 12.3. The van der Waals surface area contributed by atoms with Crippen LogP contribution in [0.3, 0.4) is 0 Å². The van der Waals surface area contributed by atoms with E-state index in [1.54, 1.807) is 6.20 Å². The Morgan fingerprint density at radius 2 is 2.16 bits per heavy atom.